The van der Waals surface area contributed by atoms with E-state index in [1.165, 1.54) is 154 Å². The van der Waals surface area contributed by atoms with E-state index in [1.807, 2.05) is 6.08 Å². The number of unbranched alkanes of at least 4 members (excludes halogenated alkanes) is 29. The molecule has 0 radical (unpaired) electrons. The minimum absolute atomic E-state index is 0.180. The topological polar surface area (TPSA) is 149 Å². The van der Waals surface area contributed by atoms with Crippen molar-refractivity contribution >= 4 is 5.91 Å². The van der Waals surface area contributed by atoms with E-state index < -0.39 is 49.5 Å². The van der Waals surface area contributed by atoms with Crippen LogP contribution in [0.25, 0.3) is 0 Å². The third-order valence-corrected chi connectivity index (χ3v) is 11.4. The van der Waals surface area contributed by atoms with Gasteiger partial charge in [0.1, 0.15) is 24.4 Å². The Morgan fingerprint density at radius 3 is 1.42 bits per heavy atom. The number of hydrogen-bond acceptors (Lipinski definition) is 8. The van der Waals surface area contributed by atoms with E-state index in [4.69, 9.17) is 9.47 Å². The zero-order valence-electron chi connectivity index (χ0n) is 35.7. The molecule has 1 rings (SSSR count). The molecule has 7 unspecified atom stereocenters. The van der Waals surface area contributed by atoms with Crippen LogP contribution in [0.5, 0.6) is 0 Å². The lowest BCUT2D eigenvalue weighted by atomic mass is 9.99. The zero-order chi connectivity index (χ0) is 40.2. The first kappa shape index (κ1) is 51.9. The molecule has 1 aliphatic rings. The van der Waals surface area contributed by atoms with Crippen molar-refractivity contribution in [1.82, 2.24) is 5.32 Å². The minimum atomic E-state index is -1.56. The van der Waals surface area contributed by atoms with Gasteiger partial charge in [-0.1, -0.05) is 206 Å². The fraction of sp³-hybridized carbons (Fsp3) is 0.935. The third-order valence-electron chi connectivity index (χ3n) is 11.4. The van der Waals surface area contributed by atoms with E-state index in [2.05, 4.69) is 19.2 Å². The highest BCUT2D eigenvalue weighted by atomic mass is 16.7. The Bertz CT molecular complexity index is 873. The standard InChI is InChI=1S/C46H89NO8/c1-3-5-7-9-10-11-12-13-14-15-16-17-18-19-20-21-22-23-24-25-26-27-28-29-30-32-34-36-42(50)47-39(40(49)35-33-31-8-6-4-2)38-54-46-45(53)44(52)43(51)41(37-48)55-46/h33,35,39-41,43-46,48-49,51-53H,3-32,34,36-38H2,1-2H3,(H,47,50)/b35-33+. The molecule has 55 heavy (non-hydrogen) atoms. The molecule has 1 heterocycles. The van der Waals surface area contributed by atoms with Crippen molar-refractivity contribution in [1.29, 1.82) is 0 Å². The van der Waals surface area contributed by atoms with Gasteiger partial charge in [-0.3, -0.25) is 4.79 Å². The first-order valence-electron chi connectivity index (χ1n) is 23.4. The number of carbonyl (C=O) groups excluding carboxylic acids is 1. The van der Waals surface area contributed by atoms with Gasteiger partial charge < -0.3 is 40.3 Å². The molecule has 7 atom stereocenters. The molecule has 9 heteroatoms. The highest BCUT2D eigenvalue weighted by Gasteiger charge is 2.44. The molecule has 1 fully saturated rings. The van der Waals surface area contributed by atoms with Gasteiger partial charge in [0.25, 0.3) is 0 Å². The van der Waals surface area contributed by atoms with E-state index in [9.17, 15) is 30.3 Å². The summed E-state index contributed by atoms with van der Waals surface area (Å²) in [5.74, 6) is -0.180. The van der Waals surface area contributed by atoms with E-state index in [0.717, 1.165) is 44.9 Å². The van der Waals surface area contributed by atoms with Crippen molar-refractivity contribution in [2.24, 2.45) is 0 Å². The van der Waals surface area contributed by atoms with Crippen LogP contribution in [-0.2, 0) is 14.3 Å². The lowest BCUT2D eigenvalue weighted by Gasteiger charge is -2.40. The predicted molar refractivity (Wildman–Crippen MR) is 226 cm³/mol. The molecule has 0 bridgehead atoms. The largest absolute Gasteiger partial charge is 0.394 e. The Morgan fingerprint density at radius 1 is 0.600 bits per heavy atom. The average molecular weight is 784 g/mol. The summed E-state index contributed by atoms with van der Waals surface area (Å²) < 4.78 is 11.1. The molecular formula is C46H89NO8. The quantitative estimate of drug-likeness (QED) is 0.0267. The van der Waals surface area contributed by atoms with Gasteiger partial charge in [-0.25, -0.2) is 0 Å². The molecule has 9 nitrogen and oxygen atoms in total. The lowest BCUT2D eigenvalue weighted by Crippen LogP contribution is -2.60. The van der Waals surface area contributed by atoms with Crippen LogP contribution >= 0.6 is 0 Å². The second-order valence-electron chi connectivity index (χ2n) is 16.6. The van der Waals surface area contributed by atoms with Crippen molar-refractivity contribution in [2.75, 3.05) is 13.2 Å². The van der Waals surface area contributed by atoms with Crippen molar-refractivity contribution in [3.8, 4) is 0 Å². The Hall–Kier alpha value is -1.07. The van der Waals surface area contributed by atoms with Gasteiger partial charge in [-0.05, 0) is 19.3 Å². The SMILES string of the molecule is CCCCC/C=C/C(O)C(COC1OC(CO)C(O)C(O)C1O)NC(=O)CCCCCCCCCCCCCCCCCCCCCCCCCCCCC. The molecule has 0 saturated carbocycles. The van der Waals surface area contributed by atoms with Crippen LogP contribution in [0.1, 0.15) is 219 Å². The van der Waals surface area contributed by atoms with Gasteiger partial charge in [0.15, 0.2) is 6.29 Å². The smallest absolute Gasteiger partial charge is 0.220 e. The summed E-state index contributed by atoms with van der Waals surface area (Å²) in [5, 5.41) is 53.7. The second kappa shape index (κ2) is 37.2. The Morgan fingerprint density at radius 2 is 1.00 bits per heavy atom. The summed E-state index contributed by atoms with van der Waals surface area (Å²) in [6.45, 7) is 3.67. The molecule has 0 aromatic carbocycles. The van der Waals surface area contributed by atoms with E-state index in [0.29, 0.717) is 6.42 Å². The van der Waals surface area contributed by atoms with Crippen LogP contribution in [0.3, 0.4) is 0 Å². The number of hydrogen-bond donors (Lipinski definition) is 6. The lowest BCUT2D eigenvalue weighted by molar-refractivity contribution is -0.302. The number of allylic oxidation sites excluding steroid dienone is 1. The monoisotopic (exact) mass is 784 g/mol. The number of ether oxygens (including phenoxy) is 2. The number of aliphatic hydroxyl groups excluding tert-OH is 5. The van der Waals surface area contributed by atoms with E-state index in [1.54, 1.807) is 6.08 Å². The fourth-order valence-corrected chi connectivity index (χ4v) is 7.57. The van der Waals surface area contributed by atoms with Gasteiger partial charge in [0.05, 0.1) is 25.4 Å². The second-order valence-corrected chi connectivity index (χ2v) is 16.6. The number of aliphatic hydroxyl groups is 5. The number of nitrogens with one attached hydrogen (secondary N) is 1. The van der Waals surface area contributed by atoms with Gasteiger partial charge >= 0.3 is 0 Å². The first-order valence-corrected chi connectivity index (χ1v) is 23.4. The van der Waals surface area contributed by atoms with Gasteiger partial charge in [0, 0.05) is 6.42 Å². The minimum Gasteiger partial charge on any atom is -0.394 e. The van der Waals surface area contributed by atoms with Crippen LogP contribution in [-0.4, -0.2) is 87.5 Å². The highest BCUT2D eigenvalue weighted by molar-refractivity contribution is 5.76. The Kier molecular flexibility index (Phi) is 35.2. The van der Waals surface area contributed by atoms with Gasteiger partial charge in [-0.15, -0.1) is 0 Å². The van der Waals surface area contributed by atoms with Crippen LogP contribution in [0.15, 0.2) is 12.2 Å². The summed E-state index contributed by atoms with van der Waals surface area (Å²) in [4.78, 5) is 12.8. The highest BCUT2D eigenvalue weighted by Crippen LogP contribution is 2.23. The first-order chi connectivity index (χ1) is 26.8. The number of amides is 1. The maximum atomic E-state index is 12.8. The molecule has 6 N–H and O–H groups in total. The molecule has 0 aromatic heterocycles. The van der Waals surface area contributed by atoms with Crippen LogP contribution in [0, 0.1) is 0 Å². The normalized spacial score (nSPS) is 21.3. The van der Waals surface area contributed by atoms with Crippen molar-refractivity contribution in [2.45, 2.75) is 262 Å². The summed E-state index contributed by atoms with van der Waals surface area (Å²) >= 11 is 0. The molecule has 1 saturated heterocycles. The summed E-state index contributed by atoms with van der Waals surface area (Å²) in [6.07, 6.45) is 36.2. The van der Waals surface area contributed by atoms with E-state index in [-0.39, 0.29) is 12.5 Å². The number of rotatable bonds is 39. The zero-order valence-corrected chi connectivity index (χ0v) is 35.7. The summed E-state index contributed by atoms with van der Waals surface area (Å²) in [5.41, 5.74) is 0. The molecule has 1 aliphatic heterocycles. The fourth-order valence-electron chi connectivity index (χ4n) is 7.57. The van der Waals surface area contributed by atoms with Crippen molar-refractivity contribution < 1.29 is 39.8 Å². The molecule has 0 spiro atoms. The molecular weight excluding hydrogens is 695 g/mol. The molecule has 1 amide bonds. The van der Waals surface area contributed by atoms with Crippen LogP contribution in [0.4, 0.5) is 0 Å². The maximum absolute atomic E-state index is 12.8. The van der Waals surface area contributed by atoms with Gasteiger partial charge in [0.2, 0.25) is 5.91 Å². The Balaban J connectivity index is 2.06. The van der Waals surface area contributed by atoms with Gasteiger partial charge in [-0.2, -0.15) is 0 Å². The summed E-state index contributed by atoms with van der Waals surface area (Å²) in [7, 11) is 0. The predicted octanol–water partition coefficient (Wildman–Crippen LogP) is 9.73. The average Bonchev–Trinajstić information content (AvgIpc) is 3.18. The maximum Gasteiger partial charge on any atom is 0.220 e. The van der Waals surface area contributed by atoms with E-state index >= 15 is 0 Å². The molecule has 0 aromatic rings. The summed E-state index contributed by atoms with van der Waals surface area (Å²) in [6, 6.07) is -0.795. The van der Waals surface area contributed by atoms with Crippen molar-refractivity contribution in [3.63, 3.8) is 0 Å². The number of carbonyl (C=O) groups is 1. The molecule has 0 aliphatic carbocycles. The Labute approximate surface area is 337 Å². The van der Waals surface area contributed by atoms with Crippen LogP contribution < -0.4 is 5.32 Å². The molecule has 326 valence electrons. The van der Waals surface area contributed by atoms with Crippen molar-refractivity contribution in [3.05, 3.63) is 12.2 Å². The van der Waals surface area contributed by atoms with Crippen LogP contribution in [0.2, 0.25) is 0 Å². The third kappa shape index (κ3) is 28.1.